The zero-order valence-corrected chi connectivity index (χ0v) is 12.7. The molecule has 0 bridgehead atoms. The number of benzene rings is 2. The number of carbonyl (C=O) groups excluding carboxylic acids is 1. The number of nitro groups is 1. The zero-order chi connectivity index (χ0) is 16.2. The topological polar surface area (TPSA) is 63.4 Å². The van der Waals surface area contributed by atoms with Crippen LogP contribution in [0.5, 0.6) is 0 Å². The molecule has 0 aliphatic heterocycles. The average molecular weight is 310 g/mol. The lowest BCUT2D eigenvalue weighted by Gasteiger charge is -2.22. The molecule has 0 radical (unpaired) electrons. The Morgan fingerprint density at radius 3 is 2.26 bits per heavy atom. The van der Waals surface area contributed by atoms with Gasteiger partial charge in [0.1, 0.15) is 5.92 Å². The smallest absolute Gasteiger partial charge is 0.237 e. The number of hydrogen-bond acceptors (Lipinski definition) is 3. The van der Waals surface area contributed by atoms with Gasteiger partial charge in [0.15, 0.2) is 0 Å². The Labute approximate surface area is 134 Å². The summed E-state index contributed by atoms with van der Waals surface area (Å²) in [6.45, 7) is 0.522. The van der Waals surface area contributed by atoms with E-state index < -0.39 is 12.0 Å². The third kappa shape index (κ3) is 3.56. The number of anilines is 1. The van der Waals surface area contributed by atoms with E-state index in [1.54, 1.807) is 4.90 Å². The highest BCUT2D eigenvalue weighted by Crippen LogP contribution is 2.36. The molecule has 0 saturated heterocycles. The molecule has 2 aromatic rings. The first kappa shape index (κ1) is 15.2. The molecule has 0 spiro atoms. The van der Waals surface area contributed by atoms with Crippen molar-refractivity contribution in [3.8, 4) is 0 Å². The molecule has 0 N–H and O–H groups in total. The van der Waals surface area contributed by atoms with Crippen molar-refractivity contribution in [3.63, 3.8) is 0 Å². The zero-order valence-electron chi connectivity index (χ0n) is 12.7. The van der Waals surface area contributed by atoms with E-state index in [0.717, 1.165) is 17.7 Å². The van der Waals surface area contributed by atoms with Crippen molar-refractivity contribution in [2.24, 2.45) is 5.92 Å². The monoisotopic (exact) mass is 310 g/mol. The van der Waals surface area contributed by atoms with Crippen LogP contribution >= 0.6 is 0 Å². The van der Waals surface area contributed by atoms with E-state index in [4.69, 9.17) is 0 Å². The van der Waals surface area contributed by atoms with Crippen molar-refractivity contribution in [2.75, 3.05) is 11.4 Å². The Bertz CT molecular complexity index is 688. The summed E-state index contributed by atoms with van der Waals surface area (Å²) in [5.74, 6) is -0.630. The van der Waals surface area contributed by atoms with Crippen LogP contribution in [0.25, 0.3) is 0 Å². The Kier molecular flexibility index (Phi) is 4.37. The number of amides is 1. The average Bonchev–Trinajstić information content (AvgIpc) is 3.38. The van der Waals surface area contributed by atoms with E-state index >= 15 is 0 Å². The van der Waals surface area contributed by atoms with Gasteiger partial charge in [0, 0.05) is 23.6 Å². The minimum atomic E-state index is -0.717. The Balaban J connectivity index is 1.75. The van der Waals surface area contributed by atoms with Crippen LogP contribution in [-0.2, 0) is 11.2 Å². The van der Waals surface area contributed by atoms with Crippen LogP contribution in [0.15, 0.2) is 60.7 Å². The maximum absolute atomic E-state index is 12.7. The molecule has 118 valence electrons. The number of hydrogen-bond donors (Lipinski definition) is 0. The third-order valence-electron chi connectivity index (χ3n) is 4.15. The minimum absolute atomic E-state index is 0.145. The van der Waals surface area contributed by atoms with Gasteiger partial charge in [0.2, 0.25) is 11.9 Å². The number of rotatable bonds is 6. The first-order valence-corrected chi connectivity index (χ1v) is 7.70. The molecular weight excluding hydrogens is 292 g/mol. The van der Waals surface area contributed by atoms with Gasteiger partial charge in [0.25, 0.3) is 0 Å². The van der Waals surface area contributed by atoms with Crippen molar-refractivity contribution in [1.82, 2.24) is 0 Å². The van der Waals surface area contributed by atoms with Gasteiger partial charge in [0.05, 0.1) is 0 Å². The molecule has 2 aromatic carbocycles. The number of para-hydroxylation sites is 1. The van der Waals surface area contributed by atoms with E-state index in [0.29, 0.717) is 13.0 Å². The minimum Gasteiger partial charge on any atom is -0.312 e. The highest BCUT2D eigenvalue weighted by Gasteiger charge is 2.54. The Morgan fingerprint density at radius 1 is 1.09 bits per heavy atom. The summed E-state index contributed by atoms with van der Waals surface area (Å²) in [4.78, 5) is 24.9. The van der Waals surface area contributed by atoms with Crippen LogP contribution < -0.4 is 4.90 Å². The highest BCUT2D eigenvalue weighted by molar-refractivity contribution is 5.97. The Hall–Kier alpha value is -2.69. The maximum Gasteiger partial charge on any atom is 0.237 e. The van der Waals surface area contributed by atoms with E-state index in [1.807, 2.05) is 60.7 Å². The van der Waals surface area contributed by atoms with Crippen molar-refractivity contribution in [3.05, 3.63) is 76.3 Å². The molecule has 2 unspecified atom stereocenters. The standard InChI is InChI=1S/C18H18N2O3/c21-18(16-13-17(16)20(22)23)19(15-9-5-2-6-10-15)12-11-14-7-3-1-4-8-14/h1-10,16-17H,11-13H2. The van der Waals surface area contributed by atoms with Crippen molar-refractivity contribution in [1.29, 1.82) is 0 Å². The first-order chi connectivity index (χ1) is 11.2. The first-order valence-electron chi connectivity index (χ1n) is 7.70. The van der Waals surface area contributed by atoms with Crippen LogP contribution in [0.4, 0.5) is 5.69 Å². The fourth-order valence-electron chi connectivity index (χ4n) is 2.74. The molecular formula is C18H18N2O3. The summed E-state index contributed by atoms with van der Waals surface area (Å²) < 4.78 is 0. The lowest BCUT2D eigenvalue weighted by atomic mass is 10.1. The second kappa shape index (κ2) is 6.60. The van der Waals surface area contributed by atoms with Gasteiger partial charge < -0.3 is 4.90 Å². The SMILES string of the molecule is O=C(C1CC1[N+](=O)[O-])N(CCc1ccccc1)c1ccccc1. The van der Waals surface area contributed by atoms with Crippen LogP contribution in [0.3, 0.4) is 0 Å². The fraction of sp³-hybridized carbons (Fsp3) is 0.278. The van der Waals surface area contributed by atoms with Gasteiger partial charge in [-0.25, -0.2) is 0 Å². The normalized spacial score (nSPS) is 19.1. The summed E-state index contributed by atoms with van der Waals surface area (Å²) in [7, 11) is 0. The molecule has 1 fully saturated rings. The van der Waals surface area contributed by atoms with E-state index in [2.05, 4.69) is 0 Å². The van der Waals surface area contributed by atoms with Gasteiger partial charge in [-0.3, -0.25) is 14.9 Å². The third-order valence-corrected chi connectivity index (χ3v) is 4.15. The molecule has 1 saturated carbocycles. The van der Waals surface area contributed by atoms with Gasteiger partial charge in [-0.05, 0) is 24.1 Å². The molecule has 0 heterocycles. The summed E-state index contributed by atoms with van der Waals surface area (Å²) >= 11 is 0. The molecule has 1 aliphatic carbocycles. The Morgan fingerprint density at radius 2 is 1.70 bits per heavy atom. The van der Waals surface area contributed by atoms with E-state index in [9.17, 15) is 14.9 Å². The summed E-state index contributed by atoms with van der Waals surface area (Å²) in [6, 6.07) is 18.6. The van der Waals surface area contributed by atoms with Crippen molar-refractivity contribution >= 4 is 11.6 Å². The predicted octanol–water partition coefficient (Wildman–Crippen LogP) is 2.93. The van der Waals surface area contributed by atoms with E-state index in [1.165, 1.54) is 0 Å². The fourth-order valence-corrected chi connectivity index (χ4v) is 2.74. The summed E-state index contributed by atoms with van der Waals surface area (Å²) in [5, 5.41) is 10.8. The molecule has 23 heavy (non-hydrogen) atoms. The lowest BCUT2D eigenvalue weighted by Crippen LogP contribution is -2.35. The largest absolute Gasteiger partial charge is 0.312 e. The highest BCUT2D eigenvalue weighted by atomic mass is 16.6. The second-order valence-electron chi connectivity index (χ2n) is 5.76. The molecule has 5 nitrogen and oxygen atoms in total. The summed E-state index contributed by atoms with van der Waals surface area (Å²) in [6.07, 6.45) is 1.07. The van der Waals surface area contributed by atoms with Crippen molar-refractivity contribution < 1.29 is 9.72 Å². The molecule has 0 aromatic heterocycles. The number of carbonyl (C=O) groups is 1. The number of nitrogens with zero attached hydrogens (tertiary/aromatic N) is 2. The van der Waals surface area contributed by atoms with Gasteiger partial charge in [-0.2, -0.15) is 0 Å². The lowest BCUT2D eigenvalue weighted by molar-refractivity contribution is -0.497. The van der Waals surface area contributed by atoms with Crippen molar-refractivity contribution in [2.45, 2.75) is 18.9 Å². The molecule has 2 atom stereocenters. The van der Waals surface area contributed by atoms with E-state index in [-0.39, 0.29) is 10.8 Å². The summed E-state index contributed by atoms with van der Waals surface area (Å²) in [5.41, 5.74) is 1.94. The molecule has 3 rings (SSSR count). The molecule has 1 amide bonds. The molecule has 1 aliphatic rings. The molecule has 5 heteroatoms. The second-order valence-corrected chi connectivity index (χ2v) is 5.76. The van der Waals surface area contributed by atoms with Gasteiger partial charge in [-0.1, -0.05) is 48.5 Å². The van der Waals surface area contributed by atoms with Gasteiger partial charge >= 0.3 is 0 Å². The van der Waals surface area contributed by atoms with Crippen LogP contribution in [-0.4, -0.2) is 23.4 Å². The quantitative estimate of drug-likeness (QED) is 0.609. The van der Waals surface area contributed by atoms with Crippen LogP contribution in [0.1, 0.15) is 12.0 Å². The predicted molar refractivity (Wildman–Crippen MR) is 87.8 cm³/mol. The van der Waals surface area contributed by atoms with Gasteiger partial charge in [-0.15, -0.1) is 0 Å². The maximum atomic E-state index is 12.7. The van der Waals surface area contributed by atoms with Crippen LogP contribution in [0, 0.1) is 16.0 Å². The van der Waals surface area contributed by atoms with Crippen LogP contribution in [0.2, 0.25) is 0 Å².